The SMILES string of the molecule is CC(CN(CC(=O)O)Cc1cccnc1)C(=O)O. The van der Waals surface area contributed by atoms with E-state index in [4.69, 9.17) is 10.2 Å². The molecule has 1 heterocycles. The highest BCUT2D eigenvalue weighted by Gasteiger charge is 2.18. The topological polar surface area (TPSA) is 90.7 Å². The summed E-state index contributed by atoms with van der Waals surface area (Å²) in [5.41, 5.74) is 0.858. The van der Waals surface area contributed by atoms with Gasteiger partial charge in [-0.2, -0.15) is 0 Å². The second-order valence-corrected chi connectivity index (χ2v) is 4.16. The third kappa shape index (κ3) is 4.92. The monoisotopic (exact) mass is 252 g/mol. The molecular weight excluding hydrogens is 236 g/mol. The minimum Gasteiger partial charge on any atom is -0.481 e. The van der Waals surface area contributed by atoms with E-state index in [0.717, 1.165) is 5.56 Å². The Bertz CT molecular complexity index is 408. The highest BCUT2D eigenvalue weighted by atomic mass is 16.4. The highest BCUT2D eigenvalue weighted by molar-refractivity contribution is 5.71. The molecule has 6 nitrogen and oxygen atoms in total. The first kappa shape index (κ1) is 14.1. The molecule has 18 heavy (non-hydrogen) atoms. The summed E-state index contributed by atoms with van der Waals surface area (Å²) in [4.78, 5) is 27.1. The standard InChI is InChI=1S/C12H16N2O4/c1-9(12(17)18)6-14(8-11(15)16)7-10-3-2-4-13-5-10/h2-5,9H,6-8H2,1H3,(H,15,16)(H,17,18). The molecule has 0 saturated heterocycles. The largest absolute Gasteiger partial charge is 0.481 e. The van der Waals surface area contributed by atoms with E-state index in [9.17, 15) is 9.59 Å². The minimum absolute atomic E-state index is 0.188. The van der Waals surface area contributed by atoms with Crippen molar-refractivity contribution in [2.45, 2.75) is 13.5 Å². The Morgan fingerprint density at radius 2 is 2.17 bits per heavy atom. The first-order valence-corrected chi connectivity index (χ1v) is 5.55. The van der Waals surface area contributed by atoms with Crippen LogP contribution in [-0.2, 0) is 16.1 Å². The molecule has 0 saturated carbocycles. The maximum Gasteiger partial charge on any atom is 0.317 e. The summed E-state index contributed by atoms with van der Waals surface area (Å²) in [6.45, 7) is 1.93. The fourth-order valence-corrected chi connectivity index (χ4v) is 1.59. The van der Waals surface area contributed by atoms with E-state index >= 15 is 0 Å². The summed E-state index contributed by atoms with van der Waals surface area (Å²) in [5.74, 6) is -2.52. The molecule has 1 atom stereocenters. The Kier molecular flexibility index (Phi) is 5.26. The Morgan fingerprint density at radius 1 is 1.44 bits per heavy atom. The van der Waals surface area contributed by atoms with Gasteiger partial charge in [0.1, 0.15) is 0 Å². The van der Waals surface area contributed by atoms with Crippen molar-refractivity contribution in [1.29, 1.82) is 0 Å². The second-order valence-electron chi connectivity index (χ2n) is 4.16. The zero-order valence-electron chi connectivity index (χ0n) is 10.1. The Balaban J connectivity index is 2.66. The van der Waals surface area contributed by atoms with E-state index in [2.05, 4.69) is 4.98 Å². The van der Waals surface area contributed by atoms with E-state index in [-0.39, 0.29) is 13.1 Å². The predicted molar refractivity (Wildman–Crippen MR) is 63.9 cm³/mol. The highest BCUT2D eigenvalue weighted by Crippen LogP contribution is 2.06. The average Bonchev–Trinajstić information content (AvgIpc) is 2.29. The number of nitrogens with zero attached hydrogens (tertiary/aromatic N) is 2. The number of carboxylic acid groups (broad SMARTS) is 2. The van der Waals surface area contributed by atoms with Crippen molar-refractivity contribution >= 4 is 11.9 Å². The number of aliphatic carboxylic acids is 2. The van der Waals surface area contributed by atoms with Gasteiger partial charge in [0.05, 0.1) is 12.5 Å². The van der Waals surface area contributed by atoms with Gasteiger partial charge < -0.3 is 10.2 Å². The third-order valence-corrected chi connectivity index (χ3v) is 2.44. The first-order valence-electron chi connectivity index (χ1n) is 5.55. The van der Waals surface area contributed by atoms with Crippen LogP contribution in [-0.4, -0.2) is 45.1 Å². The van der Waals surface area contributed by atoms with Crippen molar-refractivity contribution in [2.75, 3.05) is 13.1 Å². The van der Waals surface area contributed by atoms with Gasteiger partial charge in [-0.25, -0.2) is 0 Å². The van der Waals surface area contributed by atoms with Crippen molar-refractivity contribution in [2.24, 2.45) is 5.92 Å². The molecule has 0 aromatic carbocycles. The van der Waals surface area contributed by atoms with Gasteiger partial charge in [-0.1, -0.05) is 13.0 Å². The number of rotatable bonds is 7. The first-order chi connectivity index (χ1) is 8.49. The molecule has 2 N–H and O–H groups in total. The third-order valence-electron chi connectivity index (χ3n) is 2.44. The van der Waals surface area contributed by atoms with E-state index in [1.54, 1.807) is 30.3 Å². The summed E-state index contributed by atoms with van der Waals surface area (Å²) < 4.78 is 0. The molecule has 98 valence electrons. The molecule has 0 aliphatic carbocycles. The lowest BCUT2D eigenvalue weighted by Gasteiger charge is -2.22. The van der Waals surface area contributed by atoms with E-state index < -0.39 is 17.9 Å². The van der Waals surface area contributed by atoms with Crippen LogP contribution in [0.25, 0.3) is 0 Å². The van der Waals surface area contributed by atoms with Crippen LogP contribution in [0.3, 0.4) is 0 Å². The molecule has 6 heteroatoms. The molecule has 1 unspecified atom stereocenters. The van der Waals surface area contributed by atoms with E-state index in [1.807, 2.05) is 6.07 Å². The molecule has 0 fully saturated rings. The quantitative estimate of drug-likeness (QED) is 0.742. The average molecular weight is 252 g/mol. The van der Waals surface area contributed by atoms with Gasteiger partial charge in [0.15, 0.2) is 0 Å². The van der Waals surface area contributed by atoms with Crippen LogP contribution in [0.1, 0.15) is 12.5 Å². The molecule has 0 aliphatic rings. The van der Waals surface area contributed by atoms with Crippen molar-refractivity contribution < 1.29 is 19.8 Å². The van der Waals surface area contributed by atoms with Gasteiger partial charge >= 0.3 is 11.9 Å². The number of pyridine rings is 1. The fourth-order valence-electron chi connectivity index (χ4n) is 1.59. The summed E-state index contributed by atoms with van der Waals surface area (Å²) >= 11 is 0. The van der Waals surface area contributed by atoms with E-state index in [1.165, 1.54) is 0 Å². The van der Waals surface area contributed by atoms with E-state index in [0.29, 0.717) is 6.54 Å². The lowest BCUT2D eigenvalue weighted by Crippen LogP contribution is -2.35. The molecule has 1 aromatic heterocycles. The smallest absolute Gasteiger partial charge is 0.317 e. The summed E-state index contributed by atoms with van der Waals surface area (Å²) in [5, 5.41) is 17.7. The maximum absolute atomic E-state index is 10.8. The van der Waals surface area contributed by atoms with Gasteiger partial charge in [0.2, 0.25) is 0 Å². The van der Waals surface area contributed by atoms with Crippen molar-refractivity contribution in [1.82, 2.24) is 9.88 Å². The lowest BCUT2D eigenvalue weighted by atomic mass is 10.1. The Hall–Kier alpha value is -1.95. The van der Waals surface area contributed by atoms with Gasteiger partial charge in [0.25, 0.3) is 0 Å². The van der Waals surface area contributed by atoms with Crippen molar-refractivity contribution in [3.63, 3.8) is 0 Å². The van der Waals surface area contributed by atoms with Crippen LogP contribution >= 0.6 is 0 Å². The minimum atomic E-state index is -0.975. The molecule has 0 radical (unpaired) electrons. The second kappa shape index (κ2) is 6.70. The number of hydrogen-bond acceptors (Lipinski definition) is 4. The Labute approximate surface area is 105 Å². The summed E-state index contributed by atoms with van der Waals surface area (Å²) in [6, 6.07) is 3.59. The Morgan fingerprint density at radius 3 is 2.67 bits per heavy atom. The zero-order valence-corrected chi connectivity index (χ0v) is 10.1. The number of hydrogen-bond donors (Lipinski definition) is 2. The van der Waals surface area contributed by atoms with Gasteiger partial charge in [-0.05, 0) is 11.6 Å². The van der Waals surface area contributed by atoms with Gasteiger partial charge in [-0.3, -0.25) is 19.5 Å². The molecule has 0 amide bonds. The lowest BCUT2D eigenvalue weighted by molar-refractivity contribution is -0.144. The number of carbonyl (C=O) groups is 2. The fraction of sp³-hybridized carbons (Fsp3) is 0.417. The van der Waals surface area contributed by atoms with Crippen LogP contribution < -0.4 is 0 Å². The van der Waals surface area contributed by atoms with Gasteiger partial charge in [0, 0.05) is 25.5 Å². The van der Waals surface area contributed by atoms with Gasteiger partial charge in [-0.15, -0.1) is 0 Å². The van der Waals surface area contributed by atoms with Crippen LogP contribution in [0.4, 0.5) is 0 Å². The normalized spacial score (nSPS) is 12.3. The number of aromatic nitrogens is 1. The van der Waals surface area contributed by atoms with Crippen molar-refractivity contribution in [3.8, 4) is 0 Å². The number of carboxylic acids is 2. The molecule has 0 aliphatic heterocycles. The summed E-state index contributed by atoms with van der Waals surface area (Å²) in [7, 11) is 0. The summed E-state index contributed by atoms with van der Waals surface area (Å²) in [6.07, 6.45) is 3.27. The molecule has 0 bridgehead atoms. The maximum atomic E-state index is 10.8. The molecule has 0 spiro atoms. The molecular formula is C12H16N2O4. The van der Waals surface area contributed by atoms with Crippen molar-refractivity contribution in [3.05, 3.63) is 30.1 Å². The molecule has 1 aromatic rings. The van der Waals surface area contributed by atoms with Crippen LogP contribution in [0.2, 0.25) is 0 Å². The van der Waals surface area contributed by atoms with Crippen LogP contribution in [0.15, 0.2) is 24.5 Å². The molecule has 1 rings (SSSR count). The zero-order chi connectivity index (χ0) is 13.5. The van der Waals surface area contributed by atoms with Crippen LogP contribution in [0, 0.1) is 5.92 Å². The predicted octanol–water partition coefficient (Wildman–Crippen LogP) is 0.689. The van der Waals surface area contributed by atoms with Crippen LogP contribution in [0.5, 0.6) is 0 Å².